The van der Waals surface area contributed by atoms with Gasteiger partial charge in [0.25, 0.3) is 0 Å². The maximum Gasteiger partial charge on any atom is 0.0714 e. The highest BCUT2D eigenvalue weighted by Crippen LogP contribution is 2.57. The summed E-state index contributed by atoms with van der Waals surface area (Å²) in [4.78, 5) is 4.24. The number of benzene rings is 13. The number of anilines is 6. The summed E-state index contributed by atoms with van der Waals surface area (Å²) in [6.07, 6.45) is 0. The smallest absolute Gasteiger partial charge is 0.0714 e. The highest BCUT2D eigenvalue weighted by atomic mass is 15.2. The Morgan fingerprint density at radius 3 is 1.65 bits per heavy atom. The number of nitrogens with zero attached hydrogens (tertiary/aromatic N) is 3. The fourth-order valence-corrected chi connectivity index (χ4v) is 12.4. The third-order valence-corrected chi connectivity index (χ3v) is 15.9. The maximum atomic E-state index is 9.95. The molecule has 366 valence electrons. The molecule has 1 heterocycles. The molecule has 1 aliphatic carbocycles. The third-order valence-electron chi connectivity index (χ3n) is 15.9. The van der Waals surface area contributed by atoms with Gasteiger partial charge in [-0.2, -0.15) is 0 Å². The minimum absolute atomic E-state index is 0.118. The van der Waals surface area contributed by atoms with Gasteiger partial charge in [0.05, 0.1) is 27.6 Å². The standard InChI is InChI=1S/C75H51N3/c1-5-22-57(23-6-1)75(58-24-7-2-8-25-58)70-33-17-15-31-66(70)67-46-44-63(50-71(67)75)76(59-26-9-3-10-27-59)62-43-40-55-48-54(36-37-56(55)49-62)52-38-41-61(42-39-52)77(72-35-19-21-53-20-13-14-30-65(53)72)64-45-47-69-68-32-16-18-34-73(68)78(74(69)51-64)60-28-11-4-12-29-60/h1-51H/i38D,39D,41D,42D. The van der Waals surface area contributed by atoms with Gasteiger partial charge in [-0.15, -0.1) is 0 Å². The largest absolute Gasteiger partial charge is 0.310 e. The lowest BCUT2D eigenvalue weighted by Crippen LogP contribution is -2.28. The molecule has 0 atom stereocenters. The lowest BCUT2D eigenvalue weighted by Gasteiger charge is -2.35. The van der Waals surface area contributed by atoms with Crippen LogP contribution in [0.5, 0.6) is 0 Å². The van der Waals surface area contributed by atoms with E-state index in [0.717, 1.165) is 71.8 Å². The first-order valence-electron chi connectivity index (χ1n) is 28.6. The van der Waals surface area contributed by atoms with E-state index in [9.17, 15) is 5.48 Å². The van der Waals surface area contributed by atoms with Gasteiger partial charge in [-0.1, -0.05) is 218 Å². The Balaban J connectivity index is 0.858. The summed E-state index contributed by atoms with van der Waals surface area (Å²) in [6, 6.07) is 99.0. The average Bonchev–Trinajstić information content (AvgIpc) is 2.80. The van der Waals surface area contributed by atoms with E-state index in [1.807, 2.05) is 77.7 Å². The fraction of sp³-hybridized carbons (Fsp3) is 0.0133. The normalized spacial score (nSPS) is 13.2. The molecule has 0 aliphatic heterocycles. The molecule has 3 heteroatoms. The van der Waals surface area contributed by atoms with E-state index < -0.39 is 5.41 Å². The summed E-state index contributed by atoms with van der Waals surface area (Å²) in [5.74, 6) is 0. The molecule has 0 fully saturated rings. The van der Waals surface area contributed by atoms with Crippen LogP contribution in [0.1, 0.15) is 27.7 Å². The molecule has 0 bridgehead atoms. The molecule has 13 aromatic carbocycles. The number of rotatable bonds is 10. The van der Waals surface area contributed by atoms with Gasteiger partial charge in [0, 0.05) is 50.3 Å². The summed E-state index contributed by atoms with van der Waals surface area (Å²) in [7, 11) is 0. The first-order chi connectivity index (χ1) is 40.4. The average molecular weight is 998 g/mol. The summed E-state index contributed by atoms with van der Waals surface area (Å²) in [6.45, 7) is 0. The molecular formula is C75H51N3. The van der Waals surface area contributed by atoms with E-state index >= 15 is 0 Å². The Morgan fingerprint density at radius 1 is 0.308 bits per heavy atom. The van der Waals surface area contributed by atoms with Crippen LogP contribution in [0.3, 0.4) is 0 Å². The van der Waals surface area contributed by atoms with E-state index in [0.29, 0.717) is 11.3 Å². The molecule has 0 N–H and O–H groups in total. The fourth-order valence-electron chi connectivity index (χ4n) is 12.4. The molecule has 14 aromatic rings. The monoisotopic (exact) mass is 997 g/mol. The van der Waals surface area contributed by atoms with Crippen molar-refractivity contribution in [3.8, 4) is 27.9 Å². The van der Waals surface area contributed by atoms with E-state index in [4.69, 9.17) is 0 Å². The van der Waals surface area contributed by atoms with Crippen LogP contribution in [0.4, 0.5) is 34.1 Å². The van der Waals surface area contributed by atoms with Crippen LogP contribution in [0.15, 0.2) is 309 Å². The number of hydrogen-bond acceptors (Lipinski definition) is 2. The summed E-state index contributed by atoms with van der Waals surface area (Å²) < 4.78 is 41.8. The Labute approximate surface area is 460 Å². The van der Waals surface area contributed by atoms with Gasteiger partial charge in [0.1, 0.15) is 0 Å². The summed E-state index contributed by atoms with van der Waals surface area (Å²) in [5.41, 5.74) is 15.3. The summed E-state index contributed by atoms with van der Waals surface area (Å²) >= 11 is 0. The van der Waals surface area contributed by atoms with E-state index in [1.54, 1.807) is 0 Å². The van der Waals surface area contributed by atoms with Crippen LogP contribution >= 0.6 is 0 Å². The van der Waals surface area contributed by atoms with Crippen molar-refractivity contribution in [2.75, 3.05) is 9.80 Å². The first kappa shape index (κ1) is 41.1. The Bertz CT molecular complexity index is 4740. The van der Waals surface area contributed by atoms with Gasteiger partial charge < -0.3 is 14.4 Å². The molecule has 0 spiro atoms. The van der Waals surface area contributed by atoms with Crippen molar-refractivity contribution in [1.82, 2.24) is 4.57 Å². The van der Waals surface area contributed by atoms with Crippen LogP contribution in [-0.2, 0) is 5.41 Å². The SMILES string of the molecule is [2H]c1c([2H])c(N(c2ccc3c4ccccc4n(-c4ccccc4)c3c2)c2cccc3ccccc23)c([2H])c([2H])c1-c1ccc2cc(N(c3ccccc3)c3ccc4c(c3)C(c3ccccc3)(c3ccccc3)c3ccccc3-4)ccc2c1. The van der Waals surface area contributed by atoms with E-state index in [-0.39, 0.29) is 35.4 Å². The van der Waals surface area contributed by atoms with Crippen LogP contribution in [0, 0.1) is 0 Å². The molecule has 3 nitrogen and oxygen atoms in total. The molecule has 0 radical (unpaired) electrons. The zero-order valence-corrected chi connectivity index (χ0v) is 42.5. The highest BCUT2D eigenvalue weighted by molar-refractivity contribution is 6.11. The summed E-state index contributed by atoms with van der Waals surface area (Å²) in [5, 5.41) is 5.97. The van der Waals surface area contributed by atoms with Gasteiger partial charge in [0.15, 0.2) is 0 Å². The van der Waals surface area contributed by atoms with Crippen LogP contribution in [0.25, 0.3) is 71.3 Å². The zero-order chi connectivity index (χ0) is 55.1. The third kappa shape index (κ3) is 7.28. The Morgan fingerprint density at radius 2 is 0.872 bits per heavy atom. The Hall–Kier alpha value is -10.2. The molecule has 0 saturated heterocycles. The van der Waals surface area contributed by atoms with Crippen molar-refractivity contribution in [3.05, 3.63) is 332 Å². The van der Waals surface area contributed by atoms with E-state index in [1.165, 1.54) is 33.4 Å². The van der Waals surface area contributed by atoms with Crippen molar-refractivity contribution in [2.24, 2.45) is 0 Å². The molecule has 1 aliphatic rings. The van der Waals surface area contributed by atoms with Crippen molar-refractivity contribution in [2.45, 2.75) is 5.41 Å². The molecular weight excluding hydrogens is 943 g/mol. The van der Waals surface area contributed by atoms with Gasteiger partial charge in [-0.25, -0.2) is 0 Å². The van der Waals surface area contributed by atoms with Crippen molar-refractivity contribution < 1.29 is 5.48 Å². The van der Waals surface area contributed by atoms with Gasteiger partial charge in [-0.3, -0.25) is 0 Å². The van der Waals surface area contributed by atoms with Crippen LogP contribution < -0.4 is 9.80 Å². The second-order valence-electron chi connectivity index (χ2n) is 20.1. The maximum absolute atomic E-state index is 9.95. The molecule has 1 aromatic heterocycles. The van der Waals surface area contributed by atoms with Crippen molar-refractivity contribution in [1.29, 1.82) is 0 Å². The molecule has 0 unspecified atom stereocenters. The number of aromatic nitrogens is 1. The highest BCUT2D eigenvalue weighted by Gasteiger charge is 2.46. The Kier molecular flexibility index (Phi) is 9.77. The van der Waals surface area contributed by atoms with E-state index in [2.05, 4.69) is 222 Å². The second-order valence-corrected chi connectivity index (χ2v) is 20.1. The molecule has 0 saturated carbocycles. The predicted octanol–water partition coefficient (Wildman–Crippen LogP) is 20.1. The minimum atomic E-state index is -0.566. The molecule has 78 heavy (non-hydrogen) atoms. The van der Waals surface area contributed by atoms with Gasteiger partial charge >= 0.3 is 0 Å². The van der Waals surface area contributed by atoms with Gasteiger partial charge in [0.2, 0.25) is 0 Å². The lowest BCUT2D eigenvalue weighted by atomic mass is 9.67. The second kappa shape index (κ2) is 18.6. The lowest BCUT2D eigenvalue weighted by molar-refractivity contribution is 0.768. The van der Waals surface area contributed by atoms with Gasteiger partial charge in [-0.05, 0) is 152 Å². The molecule has 15 rings (SSSR count). The van der Waals surface area contributed by atoms with Crippen LogP contribution in [-0.4, -0.2) is 4.57 Å². The zero-order valence-electron chi connectivity index (χ0n) is 46.5. The topological polar surface area (TPSA) is 11.4 Å². The quantitative estimate of drug-likeness (QED) is 0.135. The number of fused-ring (bicyclic) bond motifs is 8. The van der Waals surface area contributed by atoms with Crippen molar-refractivity contribution >= 4 is 77.5 Å². The first-order valence-corrected chi connectivity index (χ1v) is 26.6. The number of para-hydroxylation sites is 3. The van der Waals surface area contributed by atoms with Crippen LogP contribution in [0.2, 0.25) is 0 Å². The predicted molar refractivity (Wildman–Crippen MR) is 328 cm³/mol. The number of hydrogen-bond donors (Lipinski definition) is 0. The van der Waals surface area contributed by atoms with Crippen molar-refractivity contribution in [3.63, 3.8) is 0 Å². The minimum Gasteiger partial charge on any atom is -0.310 e. The molecule has 0 amide bonds.